The average molecular weight is 305 g/mol. The van der Waals surface area contributed by atoms with Crippen LogP contribution in [-0.4, -0.2) is 56.4 Å². The normalized spacial score (nSPS) is 18.5. The number of nitrogens with one attached hydrogen (secondary N) is 1. The fourth-order valence-corrected chi connectivity index (χ4v) is 2.74. The van der Waals surface area contributed by atoms with Gasteiger partial charge in [-0.3, -0.25) is 4.99 Å². The van der Waals surface area contributed by atoms with Crippen LogP contribution >= 0.6 is 0 Å². The molecule has 122 valence electrons. The number of aryl methyl sites for hydroxylation is 1. The molecule has 1 aromatic carbocycles. The van der Waals surface area contributed by atoms with Crippen LogP contribution in [0.25, 0.3) is 0 Å². The predicted molar refractivity (Wildman–Crippen MR) is 89.3 cm³/mol. The largest absolute Gasteiger partial charge is 0.508 e. The van der Waals surface area contributed by atoms with Crippen molar-refractivity contribution in [3.05, 3.63) is 29.8 Å². The summed E-state index contributed by atoms with van der Waals surface area (Å²) in [4.78, 5) is 6.52. The van der Waals surface area contributed by atoms with E-state index in [0.29, 0.717) is 11.7 Å². The molecule has 1 saturated heterocycles. The van der Waals surface area contributed by atoms with Crippen molar-refractivity contribution < 1.29 is 9.84 Å². The van der Waals surface area contributed by atoms with Gasteiger partial charge in [0.25, 0.3) is 0 Å². The van der Waals surface area contributed by atoms with E-state index in [2.05, 4.69) is 22.3 Å². The minimum Gasteiger partial charge on any atom is -0.508 e. The number of phenolic OH excluding ortho intramolecular Hbond substituents is 1. The summed E-state index contributed by atoms with van der Waals surface area (Å²) in [5.74, 6) is 1.87. The Balaban J connectivity index is 1.68. The second-order valence-corrected chi connectivity index (χ2v) is 5.85. The van der Waals surface area contributed by atoms with Crippen molar-refractivity contribution >= 4 is 5.96 Å². The molecule has 1 aromatic rings. The first-order chi connectivity index (χ1) is 10.7. The number of nitrogens with zero attached hydrogens (tertiary/aromatic N) is 2. The molecule has 2 rings (SSSR count). The standard InChI is InChI=1S/C17H27N3O2/c1-18-17(20(2)12-15-9-11-22-13-15)19-10-3-4-14-5-7-16(21)8-6-14/h5-8,15,21H,3-4,9-13H2,1-2H3,(H,18,19). The van der Waals surface area contributed by atoms with E-state index in [9.17, 15) is 5.11 Å². The minimum atomic E-state index is 0.319. The minimum absolute atomic E-state index is 0.319. The summed E-state index contributed by atoms with van der Waals surface area (Å²) in [5, 5.41) is 12.7. The van der Waals surface area contributed by atoms with E-state index in [-0.39, 0.29) is 0 Å². The van der Waals surface area contributed by atoms with Gasteiger partial charge < -0.3 is 20.1 Å². The Morgan fingerprint density at radius 2 is 2.18 bits per heavy atom. The average Bonchev–Trinajstić information content (AvgIpc) is 3.02. The Kier molecular flexibility index (Phi) is 6.52. The van der Waals surface area contributed by atoms with Crippen LogP contribution < -0.4 is 5.32 Å². The topological polar surface area (TPSA) is 57.1 Å². The highest BCUT2D eigenvalue weighted by Crippen LogP contribution is 2.13. The van der Waals surface area contributed by atoms with Crippen molar-refractivity contribution in [3.63, 3.8) is 0 Å². The van der Waals surface area contributed by atoms with Crippen LogP contribution in [0.3, 0.4) is 0 Å². The van der Waals surface area contributed by atoms with E-state index in [1.807, 2.05) is 19.2 Å². The van der Waals surface area contributed by atoms with Gasteiger partial charge in [-0.15, -0.1) is 0 Å². The zero-order chi connectivity index (χ0) is 15.8. The van der Waals surface area contributed by atoms with Crippen molar-refractivity contribution in [2.75, 3.05) is 40.4 Å². The summed E-state index contributed by atoms with van der Waals surface area (Å²) >= 11 is 0. The molecular formula is C17H27N3O2. The quantitative estimate of drug-likeness (QED) is 0.478. The van der Waals surface area contributed by atoms with E-state index >= 15 is 0 Å². The summed E-state index contributed by atoms with van der Waals surface area (Å²) in [6.45, 7) is 3.62. The van der Waals surface area contributed by atoms with Gasteiger partial charge in [-0.05, 0) is 37.0 Å². The summed E-state index contributed by atoms with van der Waals surface area (Å²) in [7, 11) is 3.90. The third-order valence-corrected chi connectivity index (χ3v) is 3.99. The van der Waals surface area contributed by atoms with E-state index in [0.717, 1.165) is 51.5 Å². The third kappa shape index (κ3) is 5.22. The van der Waals surface area contributed by atoms with Crippen LogP contribution in [0, 0.1) is 5.92 Å². The van der Waals surface area contributed by atoms with E-state index in [1.54, 1.807) is 12.1 Å². The van der Waals surface area contributed by atoms with Gasteiger partial charge in [-0.2, -0.15) is 0 Å². The highest BCUT2D eigenvalue weighted by atomic mass is 16.5. The SMILES string of the molecule is CN=C(NCCCc1ccc(O)cc1)N(C)CC1CCOC1. The molecule has 0 bridgehead atoms. The number of guanidine groups is 1. The van der Waals surface area contributed by atoms with Crippen LogP contribution in [0.15, 0.2) is 29.3 Å². The molecule has 0 aliphatic carbocycles. The molecule has 5 heteroatoms. The van der Waals surface area contributed by atoms with Crippen LogP contribution in [0.1, 0.15) is 18.4 Å². The van der Waals surface area contributed by atoms with E-state index in [4.69, 9.17) is 4.74 Å². The van der Waals surface area contributed by atoms with Crippen molar-refractivity contribution in [1.82, 2.24) is 10.2 Å². The molecule has 1 aliphatic rings. The first kappa shape index (κ1) is 16.6. The van der Waals surface area contributed by atoms with Gasteiger partial charge in [0.05, 0.1) is 6.61 Å². The highest BCUT2D eigenvalue weighted by molar-refractivity contribution is 5.79. The Labute approximate surface area is 133 Å². The molecule has 1 heterocycles. The number of hydrogen-bond acceptors (Lipinski definition) is 3. The number of phenols is 1. The van der Waals surface area contributed by atoms with Crippen molar-refractivity contribution in [2.24, 2.45) is 10.9 Å². The molecule has 5 nitrogen and oxygen atoms in total. The second kappa shape index (κ2) is 8.63. The van der Waals surface area contributed by atoms with Gasteiger partial charge in [0, 0.05) is 39.7 Å². The summed E-state index contributed by atoms with van der Waals surface area (Å²) in [6.07, 6.45) is 3.16. The second-order valence-electron chi connectivity index (χ2n) is 5.85. The van der Waals surface area contributed by atoms with Gasteiger partial charge in [-0.25, -0.2) is 0 Å². The number of aliphatic imine (C=N–C) groups is 1. The lowest BCUT2D eigenvalue weighted by Gasteiger charge is -2.24. The Morgan fingerprint density at radius 1 is 1.41 bits per heavy atom. The van der Waals surface area contributed by atoms with Crippen LogP contribution in [-0.2, 0) is 11.2 Å². The molecule has 2 N–H and O–H groups in total. The highest BCUT2D eigenvalue weighted by Gasteiger charge is 2.18. The lowest BCUT2D eigenvalue weighted by molar-refractivity contribution is 0.181. The molecule has 22 heavy (non-hydrogen) atoms. The number of rotatable bonds is 6. The first-order valence-electron chi connectivity index (χ1n) is 7.96. The molecule has 1 atom stereocenters. The number of hydrogen-bond donors (Lipinski definition) is 2. The number of benzene rings is 1. The zero-order valence-corrected chi connectivity index (χ0v) is 13.6. The molecule has 1 aliphatic heterocycles. The number of ether oxygens (including phenoxy) is 1. The van der Waals surface area contributed by atoms with Crippen LogP contribution in [0.4, 0.5) is 0 Å². The fraction of sp³-hybridized carbons (Fsp3) is 0.588. The first-order valence-corrected chi connectivity index (χ1v) is 7.96. The predicted octanol–water partition coefficient (Wildman–Crippen LogP) is 1.87. The lowest BCUT2D eigenvalue weighted by atomic mass is 10.1. The summed E-state index contributed by atoms with van der Waals surface area (Å²) < 4.78 is 5.42. The van der Waals surface area contributed by atoms with Crippen molar-refractivity contribution in [2.45, 2.75) is 19.3 Å². The summed E-state index contributed by atoms with van der Waals surface area (Å²) in [6, 6.07) is 7.41. The van der Waals surface area contributed by atoms with Crippen LogP contribution in [0.5, 0.6) is 5.75 Å². The molecule has 0 amide bonds. The van der Waals surface area contributed by atoms with Gasteiger partial charge in [0.15, 0.2) is 5.96 Å². The Bertz CT molecular complexity index is 467. The molecule has 0 saturated carbocycles. The van der Waals surface area contributed by atoms with Crippen molar-refractivity contribution in [3.8, 4) is 5.75 Å². The maximum atomic E-state index is 9.27. The Morgan fingerprint density at radius 3 is 2.82 bits per heavy atom. The third-order valence-electron chi connectivity index (χ3n) is 3.99. The molecule has 1 fully saturated rings. The van der Waals surface area contributed by atoms with E-state index < -0.39 is 0 Å². The number of aromatic hydroxyl groups is 1. The van der Waals surface area contributed by atoms with Gasteiger partial charge >= 0.3 is 0 Å². The Hall–Kier alpha value is -1.75. The van der Waals surface area contributed by atoms with E-state index in [1.165, 1.54) is 5.56 Å². The van der Waals surface area contributed by atoms with Gasteiger partial charge in [0.1, 0.15) is 5.75 Å². The summed E-state index contributed by atoms with van der Waals surface area (Å²) in [5.41, 5.74) is 1.24. The van der Waals surface area contributed by atoms with Gasteiger partial charge in [-0.1, -0.05) is 12.1 Å². The zero-order valence-electron chi connectivity index (χ0n) is 13.6. The van der Waals surface area contributed by atoms with Crippen LogP contribution in [0.2, 0.25) is 0 Å². The molecular weight excluding hydrogens is 278 g/mol. The fourth-order valence-electron chi connectivity index (χ4n) is 2.74. The molecule has 0 spiro atoms. The monoisotopic (exact) mass is 305 g/mol. The lowest BCUT2D eigenvalue weighted by Crippen LogP contribution is -2.41. The molecule has 0 radical (unpaired) electrons. The maximum Gasteiger partial charge on any atom is 0.193 e. The smallest absolute Gasteiger partial charge is 0.193 e. The molecule has 0 aromatic heterocycles. The van der Waals surface area contributed by atoms with Gasteiger partial charge in [0.2, 0.25) is 0 Å². The molecule has 1 unspecified atom stereocenters. The van der Waals surface area contributed by atoms with Crippen molar-refractivity contribution in [1.29, 1.82) is 0 Å². The maximum absolute atomic E-state index is 9.27.